The van der Waals surface area contributed by atoms with Gasteiger partial charge in [0.25, 0.3) is 0 Å². The second kappa shape index (κ2) is 3.38. The summed E-state index contributed by atoms with van der Waals surface area (Å²) in [7, 11) is 0. The number of ether oxygens (including phenoxy) is 1. The van der Waals surface area contributed by atoms with E-state index in [1.165, 1.54) is 0 Å². The Labute approximate surface area is 53.8 Å². The monoisotopic (exact) mass is 160 g/mol. The maximum atomic E-state index is 11.2. The van der Waals surface area contributed by atoms with E-state index in [1.54, 1.807) is 0 Å². The molecule has 60 valence electrons. The molecule has 0 amide bonds. The van der Waals surface area contributed by atoms with Crippen molar-refractivity contribution >= 4 is 6.22 Å². The molecule has 0 bridgehead atoms. The van der Waals surface area contributed by atoms with E-state index in [0.717, 1.165) is 0 Å². The quantitative estimate of drug-likeness (QED) is 0.456. The van der Waals surface area contributed by atoms with Gasteiger partial charge in [0, 0.05) is 0 Å². The van der Waals surface area contributed by atoms with Gasteiger partial charge in [0.05, 0.1) is 6.42 Å². The molecule has 0 aromatic carbocycles. The van der Waals surface area contributed by atoms with E-state index in [-0.39, 0.29) is 0 Å². The molecule has 0 aliphatic heterocycles. The average Bonchev–Trinajstić information content (AvgIpc) is 1.59. The fourth-order valence-corrected chi connectivity index (χ4v) is 0.247. The molecule has 0 fully saturated rings. The van der Waals surface area contributed by atoms with Crippen LogP contribution in [0.5, 0.6) is 0 Å². The largest absolute Gasteiger partial charge is 0.495 e. The summed E-state index contributed by atoms with van der Waals surface area (Å²) in [6.07, 6.45) is -7.91. The van der Waals surface area contributed by atoms with Crippen LogP contribution in [0.3, 0.4) is 0 Å². The van der Waals surface area contributed by atoms with Gasteiger partial charge in [-0.3, -0.25) is 0 Å². The number of alkyl halides is 3. The van der Waals surface area contributed by atoms with Crippen LogP contribution in [0.1, 0.15) is 6.42 Å². The fraction of sp³-hybridized carbons (Fsp3) is 0.750. The van der Waals surface area contributed by atoms with Gasteiger partial charge in [-0.15, -0.1) is 4.39 Å². The lowest BCUT2D eigenvalue weighted by molar-refractivity contribution is -0.141. The highest BCUT2D eigenvalue weighted by molar-refractivity contribution is 5.57. The number of carbonyl (C=O) groups is 1. The molecule has 0 aliphatic carbocycles. The van der Waals surface area contributed by atoms with Gasteiger partial charge >= 0.3 is 12.4 Å². The third-order valence-corrected chi connectivity index (χ3v) is 0.601. The minimum atomic E-state index is -4.41. The number of rotatable bonds is 2. The molecule has 0 heterocycles. The normalized spacial score (nSPS) is 11.2. The summed E-state index contributed by atoms with van der Waals surface area (Å²) in [5.41, 5.74) is 0. The third kappa shape index (κ3) is 7.19. The van der Waals surface area contributed by atoms with Crippen LogP contribution in [0.4, 0.5) is 22.4 Å². The van der Waals surface area contributed by atoms with Crippen molar-refractivity contribution in [3.8, 4) is 0 Å². The standard InChI is InChI=1S/C4H4F4O2/c5-3(9)10-2-1-4(6,7)8/h1-2H2. The fourth-order valence-electron chi connectivity index (χ4n) is 0.247. The zero-order chi connectivity index (χ0) is 8.20. The first-order valence-electron chi connectivity index (χ1n) is 2.31. The Bertz CT molecular complexity index is 119. The summed E-state index contributed by atoms with van der Waals surface area (Å²) in [6, 6.07) is 0. The maximum absolute atomic E-state index is 11.2. The van der Waals surface area contributed by atoms with E-state index >= 15 is 0 Å². The van der Waals surface area contributed by atoms with Crippen molar-refractivity contribution in [2.45, 2.75) is 12.6 Å². The van der Waals surface area contributed by atoms with E-state index in [4.69, 9.17) is 0 Å². The summed E-state index contributed by atoms with van der Waals surface area (Å²) in [5.74, 6) is 0. The smallest absolute Gasteiger partial charge is 0.440 e. The molecule has 0 aromatic rings. The van der Waals surface area contributed by atoms with Crippen molar-refractivity contribution in [2.24, 2.45) is 0 Å². The molecule has 10 heavy (non-hydrogen) atoms. The van der Waals surface area contributed by atoms with E-state index < -0.39 is 25.4 Å². The summed E-state index contributed by atoms with van der Waals surface area (Å²) in [4.78, 5) is 9.27. The molecule has 6 heteroatoms. The second-order valence-electron chi connectivity index (χ2n) is 1.45. The Morgan fingerprint density at radius 3 is 2.20 bits per heavy atom. The van der Waals surface area contributed by atoms with Crippen LogP contribution in [0, 0.1) is 0 Å². The van der Waals surface area contributed by atoms with E-state index in [1.807, 2.05) is 0 Å². The molecule has 2 nitrogen and oxygen atoms in total. The lowest BCUT2D eigenvalue weighted by Crippen LogP contribution is -2.12. The zero-order valence-electron chi connectivity index (χ0n) is 4.74. The lowest BCUT2D eigenvalue weighted by atomic mass is 10.4. The molecule has 0 unspecified atom stereocenters. The van der Waals surface area contributed by atoms with Crippen LogP contribution in [0.2, 0.25) is 0 Å². The maximum Gasteiger partial charge on any atom is 0.495 e. The topological polar surface area (TPSA) is 26.3 Å². The molecule has 0 saturated heterocycles. The summed E-state index contributed by atoms with van der Waals surface area (Å²) in [5, 5.41) is 0. The molecular formula is C4H4F4O2. The van der Waals surface area contributed by atoms with Crippen molar-refractivity contribution in [1.29, 1.82) is 0 Å². The number of halogens is 4. The van der Waals surface area contributed by atoms with E-state index in [9.17, 15) is 22.4 Å². The van der Waals surface area contributed by atoms with Crippen LogP contribution in [0.15, 0.2) is 0 Å². The van der Waals surface area contributed by atoms with Crippen LogP contribution in [0.25, 0.3) is 0 Å². The Balaban J connectivity index is 3.29. The minimum Gasteiger partial charge on any atom is -0.440 e. The van der Waals surface area contributed by atoms with Gasteiger partial charge in [0.2, 0.25) is 0 Å². The Kier molecular flexibility index (Phi) is 3.11. The van der Waals surface area contributed by atoms with Crippen LogP contribution in [-0.2, 0) is 4.74 Å². The van der Waals surface area contributed by atoms with E-state index in [2.05, 4.69) is 4.74 Å². The van der Waals surface area contributed by atoms with Gasteiger partial charge in [0.15, 0.2) is 0 Å². The first-order valence-corrected chi connectivity index (χ1v) is 2.31. The predicted molar refractivity (Wildman–Crippen MR) is 23.1 cm³/mol. The van der Waals surface area contributed by atoms with Crippen molar-refractivity contribution in [3.05, 3.63) is 0 Å². The highest BCUT2D eigenvalue weighted by atomic mass is 19.4. The van der Waals surface area contributed by atoms with Gasteiger partial charge in [-0.2, -0.15) is 13.2 Å². The van der Waals surface area contributed by atoms with Crippen LogP contribution >= 0.6 is 0 Å². The molecule has 0 atom stereocenters. The molecule has 0 N–H and O–H groups in total. The van der Waals surface area contributed by atoms with Crippen molar-refractivity contribution < 1.29 is 27.1 Å². The Hall–Kier alpha value is -0.810. The van der Waals surface area contributed by atoms with Crippen LogP contribution in [-0.4, -0.2) is 19.0 Å². The first kappa shape index (κ1) is 9.19. The van der Waals surface area contributed by atoms with Crippen LogP contribution < -0.4 is 0 Å². The summed E-state index contributed by atoms with van der Waals surface area (Å²) >= 11 is 0. The zero-order valence-corrected chi connectivity index (χ0v) is 4.74. The SMILES string of the molecule is O=C(F)OCCC(F)(F)F. The highest BCUT2D eigenvalue weighted by Crippen LogP contribution is 2.18. The van der Waals surface area contributed by atoms with Gasteiger partial charge in [-0.25, -0.2) is 4.79 Å². The Morgan fingerprint density at radius 2 is 1.90 bits per heavy atom. The van der Waals surface area contributed by atoms with Gasteiger partial charge in [-0.05, 0) is 0 Å². The molecule has 0 saturated carbocycles. The minimum absolute atomic E-state index is 0.959. The number of hydrogen-bond acceptors (Lipinski definition) is 2. The molecule has 0 aliphatic rings. The highest BCUT2D eigenvalue weighted by Gasteiger charge is 2.27. The molecule has 0 aromatic heterocycles. The first-order chi connectivity index (χ1) is 4.42. The van der Waals surface area contributed by atoms with E-state index in [0.29, 0.717) is 0 Å². The second-order valence-corrected chi connectivity index (χ2v) is 1.45. The molecule has 0 radical (unpaired) electrons. The molecule has 0 spiro atoms. The number of carbonyl (C=O) groups excluding carboxylic acids is 1. The van der Waals surface area contributed by atoms with Gasteiger partial charge in [0.1, 0.15) is 6.61 Å². The van der Waals surface area contributed by atoms with Crippen molar-refractivity contribution in [3.63, 3.8) is 0 Å². The molecule has 0 rings (SSSR count). The van der Waals surface area contributed by atoms with Crippen molar-refractivity contribution in [2.75, 3.05) is 6.61 Å². The average molecular weight is 160 g/mol. The predicted octanol–water partition coefficient (Wildman–Crippen LogP) is 2.04. The third-order valence-electron chi connectivity index (χ3n) is 0.601. The van der Waals surface area contributed by atoms with Gasteiger partial charge < -0.3 is 4.74 Å². The molecular weight excluding hydrogens is 156 g/mol. The lowest BCUT2D eigenvalue weighted by Gasteiger charge is -2.03. The Morgan fingerprint density at radius 1 is 1.40 bits per heavy atom. The number of hydrogen-bond donors (Lipinski definition) is 0. The summed E-state index contributed by atoms with van der Waals surface area (Å²) < 4.78 is 48.0. The van der Waals surface area contributed by atoms with Gasteiger partial charge in [-0.1, -0.05) is 0 Å². The van der Waals surface area contributed by atoms with Crippen molar-refractivity contribution in [1.82, 2.24) is 0 Å². The summed E-state index contributed by atoms with van der Waals surface area (Å²) in [6.45, 7) is -0.959.